The zero-order chi connectivity index (χ0) is 22.6. The van der Waals surface area contributed by atoms with Gasteiger partial charge in [0.05, 0.1) is 26.4 Å². The maximum absolute atomic E-state index is 5.55. The van der Waals surface area contributed by atoms with Gasteiger partial charge >= 0.3 is 0 Å². The van der Waals surface area contributed by atoms with Crippen LogP contribution in [0.1, 0.15) is 20.3 Å². The molecule has 3 aromatic rings. The third kappa shape index (κ3) is 7.60. The summed E-state index contributed by atoms with van der Waals surface area (Å²) in [5.41, 5.74) is 6.30. The highest BCUT2D eigenvalue weighted by atomic mass is 16.5. The summed E-state index contributed by atoms with van der Waals surface area (Å²) in [5, 5.41) is 12.2. The predicted molar refractivity (Wildman–Crippen MR) is 130 cm³/mol. The standard InChI is InChI=1S/C23H33N7O2/c1-3-17(2)26-22-28-21(25-11-13-32-15-14-31-12-10-24)29-23(30-22)27-20-9-8-18-6-4-5-7-19(18)16-20/h4-9,16-17H,3,10-15,24H2,1-2H3,(H3,25,26,27,28,29,30). The van der Waals surface area contributed by atoms with Crippen molar-refractivity contribution in [2.45, 2.75) is 26.3 Å². The van der Waals surface area contributed by atoms with E-state index in [9.17, 15) is 0 Å². The van der Waals surface area contributed by atoms with Crippen LogP contribution in [0.4, 0.5) is 23.5 Å². The average Bonchev–Trinajstić information content (AvgIpc) is 2.80. The van der Waals surface area contributed by atoms with E-state index in [1.54, 1.807) is 0 Å². The van der Waals surface area contributed by atoms with Crippen molar-refractivity contribution in [1.82, 2.24) is 15.0 Å². The molecule has 3 rings (SSSR count). The summed E-state index contributed by atoms with van der Waals surface area (Å²) in [5.74, 6) is 1.48. The molecule has 9 nitrogen and oxygen atoms in total. The molecule has 0 radical (unpaired) electrons. The van der Waals surface area contributed by atoms with Gasteiger partial charge in [-0.2, -0.15) is 15.0 Å². The van der Waals surface area contributed by atoms with Crippen LogP contribution >= 0.6 is 0 Å². The Bertz CT molecular complexity index is 970. The molecule has 2 aromatic carbocycles. The van der Waals surface area contributed by atoms with E-state index in [-0.39, 0.29) is 6.04 Å². The minimum Gasteiger partial charge on any atom is -0.378 e. The number of fused-ring (bicyclic) bond motifs is 1. The molecule has 0 bridgehead atoms. The number of benzene rings is 2. The van der Waals surface area contributed by atoms with Crippen molar-refractivity contribution in [1.29, 1.82) is 0 Å². The van der Waals surface area contributed by atoms with Gasteiger partial charge in [-0.15, -0.1) is 0 Å². The first-order valence-corrected chi connectivity index (χ1v) is 11.1. The van der Waals surface area contributed by atoms with Crippen molar-refractivity contribution < 1.29 is 9.47 Å². The van der Waals surface area contributed by atoms with E-state index in [4.69, 9.17) is 15.2 Å². The van der Waals surface area contributed by atoms with Gasteiger partial charge in [0.15, 0.2) is 0 Å². The first-order chi connectivity index (χ1) is 15.7. The highest BCUT2D eigenvalue weighted by Crippen LogP contribution is 2.22. The molecule has 0 saturated carbocycles. The maximum atomic E-state index is 5.55. The van der Waals surface area contributed by atoms with Crippen LogP contribution in [-0.4, -0.2) is 60.5 Å². The summed E-state index contributed by atoms with van der Waals surface area (Å²) >= 11 is 0. The molecule has 0 spiro atoms. The first kappa shape index (κ1) is 23.6. The van der Waals surface area contributed by atoms with E-state index in [0.717, 1.165) is 17.5 Å². The van der Waals surface area contributed by atoms with Gasteiger partial charge in [-0.1, -0.05) is 37.3 Å². The number of nitrogens with one attached hydrogen (secondary N) is 3. The monoisotopic (exact) mass is 439 g/mol. The van der Waals surface area contributed by atoms with Gasteiger partial charge in [0.1, 0.15) is 0 Å². The van der Waals surface area contributed by atoms with Crippen molar-refractivity contribution in [3.63, 3.8) is 0 Å². The smallest absolute Gasteiger partial charge is 0.233 e. The SMILES string of the molecule is CCC(C)Nc1nc(NCCOCCOCCN)nc(Nc2ccc3ccccc3c2)n1. The molecule has 0 amide bonds. The third-order valence-electron chi connectivity index (χ3n) is 4.79. The van der Waals surface area contributed by atoms with E-state index < -0.39 is 0 Å². The van der Waals surface area contributed by atoms with E-state index in [1.807, 2.05) is 18.2 Å². The second-order valence-electron chi connectivity index (χ2n) is 7.39. The molecular formula is C23H33N7O2. The molecule has 1 heterocycles. The topological polar surface area (TPSA) is 119 Å². The Morgan fingerprint density at radius 2 is 1.59 bits per heavy atom. The fourth-order valence-corrected chi connectivity index (χ4v) is 2.93. The number of nitrogens with two attached hydrogens (primary N) is 1. The largest absolute Gasteiger partial charge is 0.378 e. The number of hydrogen-bond acceptors (Lipinski definition) is 9. The minimum atomic E-state index is 0.246. The summed E-state index contributed by atoms with van der Waals surface area (Å²) in [6, 6.07) is 14.6. The van der Waals surface area contributed by atoms with Gasteiger partial charge in [-0.25, -0.2) is 0 Å². The summed E-state index contributed by atoms with van der Waals surface area (Å²) in [6.07, 6.45) is 0.960. The number of hydrogen-bond donors (Lipinski definition) is 4. The summed E-state index contributed by atoms with van der Waals surface area (Å²) in [6.45, 7) is 7.40. The van der Waals surface area contributed by atoms with E-state index in [1.165, 1.54) is 5.39 Å². The zero-order valence-electron chi connectivity index (χ0n) is 18.8. The zero-order valence-corrected chi connectivity index (χ0v) is 18.8. The average molecular weight is 440 g/mol. The van der Waals surface area contributed by atoms with Gasteiger partial charge < -0.3 is 31.2 Å². The molecule has 5 N–H and O–H groups in total. The highest BCUT2D eigenvalue weighted by Gasteiger charge is 2.09. The van der Waals surface area contributed by atoms with Crippen LogP contribution in [0, 0.1) is 0 Å². The number of anilines is 4. The first-order valence-electron chi connectivity index (χ1n) is 11.1. The van der Waals surface area contributed by atoms with Crippen LogP contribution in [0.15, 0.2) is 42.5 Å². The molecule has 1 unspecified atom stereocenters. The summed E-state index contributed by atoms with van der Waals surface area (Å²) < 4.78 is 10.8. The lowest BCUT2D eigenvalue weighted by Crippen LogP contribution is -2.19. The molecule has 0 aliphatic rings. The van der Waals surface area contributed by atoms with Crippen LogP contribution in [0.2, 0.25) is 0 Å². The van der Waals surface area contributed by atoms with Gasteiger partial charge in [0.2, 0.25) is 17.8 Å². The quantitative estimate of drug-likeness (QED) is 0.280. The Balaban J connectivity index is 1.64. The molecule has 9 heteroatoms. The molecular weight excluding hydrogens is 406 g/mol. The number of aromatic nitrogens is 3. The Kier molecular flexibility index (Phi) is 9.42. The Hall–Kier alpha value is -3.01. The van der Waals surface area contributed by atoms with Gasteiger partial charge in [0.25, 0.3) is 0 Å². The van der Waals surface area contributed by atoms with E-state index in [0.29, 0.717) is 57.4 Å². The van der Waals surface area contributed by atoms with Crippen molar-refractivity contribution in [2.75, 3.05) is 55.5 Å². The molecule has 1 atom stereocenters. The second kappa shape index (κ2) is 12.7. The van der Waals surface area contributed by atoms with Crippen molar-refractivity contribution in [3.05, 3.63) is 42.5 Å². The molecule has 0 saturated heterocycles. The summed E-state index contributed by atoms with van der Waals surface area (Å²) in [7, 11) is 0. The lowest BCUT2D eigenvalue weighted by atomic mass is 10.1. The Labute approximate surface area is 189 Å². The molecule has 1 aromatic heterocycles. The number of nitrogens with zero attached hydrogens (tertiary/aromatic N) is 3. The van der Waals surface area contributed by atoms with Crippen molar-refractivity contribution >= 4 is 34.3 Å². The third-order valence-corrected chi connectivity index (χ3v) is 4.79. The minimum absolute atomic E-state index is 0.246. The molecule has 0 fully saturated rings. The van der Waals surface area contributed by atoms with Crippen LogP contribution in [0.25, 0.3) is 10.8 Å². The van der Waals surface area contributed by atoms with Crippen LogP contribution in [0.5, 0.6) is 0 Å². The number of rotatable bonds is 14. The Morgan fingerprint density at radius 1 is 0.875 bits per heavy atom. The number of ether oxygens (including phenoxy) is 2. The van der Waals surface area contributed by atoms with Gasteiger partial charge in [0, 0.05) is 24.8 Å². The van der Waals surface area contributed by atoms with E-state index >= 15 is 0 Å². The second-order valence-corrected chi connectivity index (χ2v) is 7.39. The molecule has 32 heavy (non-hydrogen) atoms. The Morgan fingerprint density at radius 3 is 2.38 bits per heavy atom. The van der Waals surface area contributed by atoms with E-state index in [2.05, 4.69) is 69.0 Å². The maximum Gasteiger partial charge on any atom is 0.233 e. The van der Waals surface area contributed by atoms with Crippen LogP contribution < -0.4 is 21.7 Å². The predicted octanol–water partition coefficient (Wildman–Crippen LogP) is 3.38. The highest BCUT2D eigenvalue weighted by molar-refractivity contribution is 5.86. The molecule has 0 aliphatic carbocycles. The van der Waals surface area contributed by atoms with Crippen LogP contribution in [-0.2, 0) is 9.47 Å². The molecule has 172 valence electrons. The van der Waals surface area contributed by atoms with Gasteiger partial charge in [-0.05, 0) is 36.2 Å². The van der Waals surface area contributed by atoms with Gasteiger partial charge in [-0.3, -0.25) is 0 Å². The fraction of sp³-hybridized carbons (Fsp3) is 0.435. The van der Waals surface area contributed by atoms with Crippen molar-refractivity contribution in [3.8, 4) is 0 Å². The van der Waals surface area contributed by atoms with Crippen molar-refractivity contribution in [2.24, 2.45) is 5.73 Å². The van der Waals surface area contributed by atoms with Crippen LogP contribution in [0.3, 0.4) is 0 Å². The normalized spacial score (nSPS) is 12.0. The lowest BCUT2D eigenvalue weighted by molar-refractivity contribution is 0.0547. The fourth-order valence-electron chi connectivity index (χ4n) is 2.93. The molecule has 0 aliphatic heterocycles. The summed E-state index contributed by atoms with van der Waals surface area (Å²) in [4.78, 5) is 13.6. The lowest BCUT2D eigenvalue weighted by Gasteiger charge is -2.14.